The predicted octanol–water partition coefficient (Wildman–Crippen LogP) is 3.41. The molecule has 0 amide bonds. The Hall–Kier alpha value is -0.730. The third-order valence-electron chi connectivity index (χ3n) is 2.66. The standard InChI is InChI=1S/C14H22ClNO/c1-16(11-7-3-6-10-15)12-13-17-14-8-4-2-5-9-14/h2,4-5,8-9H,3,6-7,10-13H2,1H3. The predicted molar refractivity (Wildman–Crippen MR) is 74.0 cm³/mol. The molecule has 0 unspecified atom stereocenters. The zero-order chi connectivity index (χ0) is 12.3. The molecule has 0 fully saturated rings. The van der Waals surface area contributed by atoms with E-state index in [9.17, 15) is 0 Å². The van der Waals surface area contributed by atoms with Gasteiger partial charge in [0.25, 0.3) is 0 Å². The molecule has 0 atom stereocenters. The van der Waals surface area contributed by atoms with E-state index in [1.165, 1.54) is 12.8 Å². The second-order valence-corrected chi connectivity index (χ2v) is 4.59. The minimum Gasteiger partial charge on any atom is -0.492 e. The normalized spacial score (nSPS) is 10.8. The van der Waals surface area contributed by atoms with Crippen molar-refractivity contribution in [1.82, 2.24) is 4.90 Å². The summed E-state index contributed by atoms with van der Waals surface area (Å²) in [6, 6.07) is 9.95. The highest BCUT2D eigenvalue weighted by Gasteiger charge is 1.98. The second kappa shape index (κ2) is 9.32. The minimum atomic E-state index is 0.746. The van der Waals surface area contributed by atoms with Gasteiger partial charge in [0.2, 0.25) is 0 Å². The Balaban J connectivity index is 2.02. The van der Waals surface area contributed by atoms with Crippen LogP contribution in [0.4, 0.5) is 0 Å². The van der Waals surface area contributed by atoms with E-state index >= 15 is 0 Å². The van der Waals surface area contributed by atoms with Gasteiger partial charge in [0, 0.05) is 12.4 Å². The number of rotatable bonds is 9. The van der Waals surface area contributed by atoms with Crippen LogP contribution in [-0.2, 0) is 0 Å². The van der Waals surface area contributed by atoms with Crippen molar-refractivity contribution in [3.8, 4) is 5.75 Å². The minimum absolute atomic E-state index is 0.746. The van der Waals surface area contributed by atoms with Crippen molar-refractivity contribution in [2.45, 2.75) is 19.3 Å². The summed E-state index contributed by atoms with van der Waals surface area (Å²) in [6.45, 7) is 2.83. The SMILES string of the molecule is CN(CCCCCCl)CCOc1ccccc1. The zero-order valence-corrected chi connectivity index (χ0v) is 11.3. The Bertz CT molecular complexity index is 279. The number of ether oxygens (including phenoxy) is 1. The van der Waals surface area contributed by atoms with Crippen molar-refractivity contribution < 1.29 is 4.74 Å². The summed E-state index contributed by atoms with van der Waals surface area (Å²) in [5, 5.41) is 0. The monoisotopic (exact) mass is 255 g/mol. The average molecular weight is 256 g/mol. The Kier molecular flexibility index (Phi) is 7.85. The molecule has 1 aromatic rings. The summed E-state index contributed by atoms with van der Waals surface area (Å²) in [5.74, 6) is 1.73. The van der Waals surface area contributed by atoms with Gasteiger partial charge in [-0.1, -0.05) is 24.6 Å². The number of hydrogen-bond donors (Lipinski definition) is 0. The molecule has 0 aliphatic heterocycles. The van der Waals surface area contributed by atoms with Crippen LogP contribution in [0.5, 0.6) is 5.75 Å². The van der Waals surface area contributed by atoms with Gasteiger partial charge in [-0.05, 0) is 38.6 Å². The highest BCUT2D eigenvalue weighted by molar-refractivity contribution is 6.17. The van der Waals surface area contributed by atoms with Crippen LogP contribution in [0.1, 0.15) is 19.3 Å². The van der Waals surface area contributed by atoms with Gasteiger partial charge >= 0.3 is 0 Å². The second-order valence-electron chi connectivity index (χ2n) is 4.21. The molecule has 2 nitrogen and oxygen atoms in total. The van der Waals surface area contributed by atoms with Crippen molar-refractivity contribution in [1.29, 1.82) is 0 Å². The number of alkyl halides is 1. The summed E-state index contributed by atoms with van der Waals surface area (Å²) in [6.07, 6.45) is 3.55. The lowest BCUT2D eigenvalue weighted by molar-refractivity contribution is 0.235. The lowest BCUT2D eigenvalue weighted by Crippen LogP contribution is -2.25. The van der Waals surface area contributed by atoms with Gasteiger partial charge in [-0.25, -0.2) is 0 Å². The third-order valence-corrected chi connectivity index (χ3v) is 2.93. The fraction of sp³-hybridized carbons (Fsp3) is 0.571. The Morgan fingerprint density at radius 2 is 1.82 bits per heavy atom. The fourth-order valence-corrected chi connectivity index (χ4v) is 1.79. The lowest BCUT2D eigenvalue weighted by atomic mass is 10.2. The maximum atomic E-state index is 5.64. The Morgan fingerprint density at radius 3 is 2.53 bits per heavy atom. The van der Waals surface area contributed by atoms with E-state index in [4.69, 9.17) is 16.3 Å². The Morgan fingerprint density at radius 1 is 1.06 bits per heavy atom. The van der Waals surface area contributed by atoms with Gasteiger partial charge in [-0.15, -0.1) is 11.6 Å². The molecule has 1 rings (SSSR count). The van der Waals surface area contributed by atoms with Crippen molar-refractivity contribution in [3.05, 3.63) is 30.3 Å². The number of hydrogen-bond acceptors (Lipinski definition) is 2. The van der Waals surface area contributed by atoms with Crippen molar-refractivity contribution in [2.75, 3.05) is 32.6 Å². The summed E-state index contributed by atoms with van der Waals surface area (Å²) in [7, 11) is 2.13. The van der Waals surface area contributed by atoms with E-state index < -0.39 is 0 Å². The van der Waals surface area contributed by atoms with Crippen molar-refractivity contribution in [2.24, 2.45) is 0 Å². The smallest absolute Gasteiger partial charge is 0.119 e. The van der Waals surface area contributed by atoms with E-state index in [2.05, 4.69) is 11.9 Å². The van der Waals surface area contributed by atoms with E-state index in [1.54, 1.807) is 0 Å². The highest BCUT2D eigenvalue weighted by Crippen LogP contribution is 2.07. The highest BCUT2D eigenvalue weighted by atomic mass is 35.5. The Labute approximate surface area is 110 Å². The molecule has 17 heavy (non-hydrogen) atoms. The van der Waals surface area contributed by atoms with E-state index in [-0.39, 0.29) is 0 Å². The molecule has 0 aliphatic carbocycles. The first-order chi connectivity index (χ1) is 8.33. The van der Waals surface area contributed by atoms with Crippen LogP contribution < -0.4 is 4.74 Å². The fourth-order valence-electron chi connectivity index (χ4n) is 1.60. The van der Waals surface area contributed by atoms with E-state index in [1.807, 2.05) is 30.3 Å². The quantitative estimate of drug-likeness (QED) is 0.495. The molecule has 0 aromatic heterocycles. The van der Waals surface area contributed by atoms with Gasteiger partial charge in [0.05, 0.1) is 0 Å². The number of halogens is 1. The van der Waals surface area contributed by atoms with Crippen LogP contribution >= 0.6 is 11.6 Å². The van der Waals surface area contributed by atoms with Gasteiger partial charge in [0.1, 0.15) is 12.4 Å². The molecule has 3 heteroatoms. The zero-order valence-electron chi connectivity index (χ0n) is 10.6. The molecule has 0 saturated heterocycles. The van der Waals surface area contributed by atoms with Gasteiger partial charge in [-0.3, -0.25) is 0 Å². The van der Waals surface area contributed by atoms with E-state index in [0.717, 1.165) is 37.7 Å². The summed E-state index contributed by atoms with van der Waals surface area (Å²) < 4.78 is 5.64. The molecule has 0 N–H and O–H groups in total. The van der Waals surface area contributed by atoms with Crippen LogP contribution in [0.3, 0.4) is 0 Å². The number of likely N-dealkylation sites (N-methyl/N-ethyl adjacent to an activating group) is 1. The molecular formula is C14H22ClNO. The molecule has 0 radical (unpaired) electrons. The number of benzene rings is 1. The summed E-state index contributed by atoms with van der Waals surface area (Å²) in [4.78, 5) is 2.30. The van der Waals surface area contributed by atoms with Gasteiger partial charge in [-0.2, -0.15) is 0 Å². The van der Waals surface area contributed by atoms with Gasteiger partial charge < -0.3 is 9.64 Å². The number of unbranched alkanes of at least 4 members (excludes halogenated alkanes) is 2. The number of para-hydroxylation sites is 1. The summed E-state index contributed by atoms with van der Waals surface area (Å²) in [5.41, 5.74) is 0. The molecule has 0 heterocycles. The molecule has 0 aliphatic rings. The maximum Gasteiger partial charge on any atom is 0.119 e. The van der Waals surface area contributed by atoms with Crippen LogP contribution in [0, 0.1) is 0 Å². The first kappa shape index (κ1) is 14.3. The van der Waals surface area contributed by atoms with E-state index in [0.29, 0.717) is 0 Å². The van der Waals surface area contributed by atoms with Crippen LogP contribution in [0.2, 0.25) is 0 Å². The first-order valence-corrected chi connectivity index (χ1v) is 6.78. The topological polar surface area (TPSA) is 12.5 Å². The lowest BCUT2D eigenvalue weighted by Gasteiger charge is -2.16. The number of nitrogens with zero attached hydrogens (tertiary/aromatic N) is 1. The molecular weight excluding hydrogens is 234 g/mol. The summed E-state index contributed by atoms with van der Waals surface area (Å²) >= 11 is 5.63. The third kappa shape index (κ3) is 7.24. The first-order valence-electron chi connectivity index (χ1n) is 6.25. The largest absolute Gasteiger partial charge is 0.492 e. The van der Waals surface area contributed by atoms with Crippen LogP contribution in [-0.4, -0.2) is 37.5 Å². The van der Waals surface area contributed by atoms with Crippen molar-refractivity contribution in [3.63, 3.8) is 0 Å². The van der Waals surface area contributed by atoms with Crippen molar-refractivity contribution >= 4 is 11.6 Å². The van der Waals surface area contributed by atoms with Gasteiger partial charge in [0.15, 0.2) is 0 Å². The average Bonchev–Trinajstić information content (AvgIpc) is 2.36. The molecule has 1 aromatic carbocycles. The molecule has 0 bridgehead atoms. The molecule has 96 valence electrons. The molecule has 0 saturated carbocycles. The molecule has 0 spiro atoms. The van der Waals surface area contributed by atoms with Crippen LogP contribution in [0.15, 0.2) is 30.3 Å². The van der Waals surface area contributed by atoms with Crippen LogP contribution in [0.25, 0.3) is 0 Å². The maximum absolute atomic E-state index is 5.64.